The van der Waals surface area contributed by atoms with Crippen molar-refractivity contribution in [3.05, 3.63) is 0 Å². The molecule has 354 valence electrons. The van der Waals surface area contributed by atoms with Crippen LogP contribution in [-0.4, -0.2) is 57.2 Å². The number of rotatable bonds is 44. The number of unbranched alkanes of at least 4 members (excludes halogenated alkanes) is 33. The average molecular weight is 850 g/mol. The summed E-state index contributed by atoms with van der Waals surface area (Å²) < 4.78 is 17.2. The van der Waals surface area contributed by atoms with Crippen molar-refractivity contribution in [2.24, 2.45) is 11.3 Å². The number of nitrogens with one attached hydrogen (secondary N) is 3. The molecule has 0 aromatic rings. The summed E-state index contributed by atoms with van der Waals surface area (Å²) in [5, 5.41) is 8.69. The quantitative estimate of drug-likeness (QED) is 0.0415. The molecular formula is C51H99N3O6. The summed E-state index contributed by atoms with van der Waals surface area (Å²) in [4.78, 5) is 38.3. The van der Waals surface area contributed by atoms with E-state index in [-0.39, 0.29) is 19.1 Å². The van der Waals surface area contributed by atoms with Gasteiger partial charge in [0, 0.05) is 25.6 Å². The van der Waals surface area contributed by atoms with Gasteiger partial charge < -0.3 is 30.2 Å². The monoisotopic (exact) mass is 850 g/mol. The van der Waals surface area contributed by atoms with E-state index in [0.717, 1.165) is 38.5 Å². The standard InChI is InChI=1S/C51H99N3O6/c1-5-8-11-14-17-20-23-26-29-32-35-38-41-52-48(55)58-44-51(45-59-49(56)53-42-39-36-33-30-27-24-21-18-15-12-9-6-2)46(4)47(51)60-50(57)54-43-40-37-34-31-28-25-22-19-16-13-10-7-3/h46-47H,5-45H2,1-4H3,(H,52,55)(H,53,56)(H,54,57). The van der Waals surface area contributed by atoms with Crippen LogP contribution in [-0.2, 0) is 14.2 Å². The smallest absolute Gasteiger partial charge is 0.407 e. The van der Waals surface area contributed by atoms with E-state index >= 15 is 0 Å². The van der Waals surface area contributed by atoms with Gasteiger partial charge >= 0.3 is 18.3 Å². The Balaban J connectivity index is 2.38. The molecule has 0 aliphatic heterocycles. The summed E-state index contributed by atoms with van der Waals surface area (Å²) in [7, 11) is 0. The van der Waals surface area contributed by atoms with Gasteiger partial charge in [0.15, 0.2) is 0 Å². The second kappa shape index (κ2) is 40.9. The third kappa shape index (κ3) is 31.6. The number of carbonyl (C=O) groups is 3. The molecule has 1 aliphatic carbocycles. The van der Waals surface area contributed by atoms with Gasteiger partial charge in [-0.1, -0.05) is 240 Å². The number of hydrogen-bond acceptors (Lipinski definition) is 6. The molecule has 2 atom stereocenters. The van der Waals surface area contributed by atoms with Crippen LogP contribution in [0.15, 0.2) is 0 Å². The van der Waals surface area contributed by atoms with E-state index in [9.17, 15) is 14.4 Å². The molecule has 3 amide bonds. The van der Waals surface area contributed by atoms with Crippen LogP contribution in [0, 0.1) is 11.3 Å². The van der Waals surface area contributed by atoms with Crippen molar-refractivity contribution in [2.45, 2.75) is 265 Å². The van der Waals surface area contributed by atoms with Crippen LogP contribution >= 0.6 is 0 Å². The first-order chi connectivity index (χ1) is 29.4. The van der Waals surface area contributed by atoms with E-state index < -0.39 is 29.8 Å². The summed E-state index contributed by atoms with van der Waals surface area (Å²) in [6.45, 7) is 10.5. The number of ether oxygens (including phenoxy) is 3. The Morgan fingerprint density at radius 1 is 0.367 bits per heavy atom. The molecule has 2 unspecified atom stereocenters. The first kappa shape index (κ1) is 55.8. The number of amides is 3. The predicted octanol–water partition coefficient (Wildman–Crippen LogP) is 15.3. The molecule has 60 heavy (non-hydrogen) atoms. The zero-order valence-corrected chi connectivity index (χ0v) is 40.1. The fourth-order valence-electron chi connectivity index (χ4n) is 8.47. The molecule has 0 heterocycles. The predicted molar refractivity (Wildman–Crippen MR) is 252 cm³/mol. The van der Waals surface area contributed by atoms with Gasteiger partial charge in [-0.3, -0.25) is 0 Å². The Morgan fingerprint density at radius 2 is 0.600 bits per heavy atom. The highest BCUT2D eigenvalue weighted by molar-refractivity contribution is 5.69. The lowest BCUT2D eigenvalue weighted by atomic mass is 10.1. The molecule has 0 bridgehead atoms. The summed E-state index contributed by atoms with van der Waals surface area (Å²) >= 11 is 0. The van der Waals surface area contributed by atoms with Crippen molar-refractivity contribution in [1.82, 2.24) is 16.0 Å². The third-order valence-electron chi connectivity index (χ3n) is 12.9. The largest absolute Gasteiger partial charge is 0.449 e. The molecule has 0 aromatic heterocycles. The lowest BCUT2D eigenvalue weighted by molar-refractivity contribution is 0.0449. The van der Waals surface area contributed by atoms with Gasteiger partial charge in [0.05, 0.1) is 5.41 Å². The maximum Gasteiger partial charge on any atom is 0.407 e. The molecule has 9 nitrogen and oxygen atoms in total. The highest BCUT2D eigenvalue weighted by Crippen LogP contribution is 2.55. The van der Waals surface area contributed by atoms with Crippen LogP contribution in [0.25, 0.3) is 0 Å². The lowest BCUT2D eigenvalue weighted by Gasteiger charge is -2.19. The Kier molecular flexibility index (Phi) is 38.0. The van der Waals surface area contributed by atoms with E-state index in [1.54, 1.807) is 0 Å². The molecule has 0 saturated heterocycles. The van der Waals surface area contributed by atoms with Crippen molar-refractivity contribution in [1.29, 1.82) is 0 Å². The van der Waals surface area contributed by atoms with E-state index in [0.29, 0.717) is 19.6 Å². The molecule has 0 spiro atoms. The van der Waals surface area contributed by atoms with Crippen LogP contribution in [0.3, 0.4) is 0 Å². The van der Waals surface area contributed by atoms with Gasteiger partial charge in [-0.2, -0.15) is 0 Å². The minimum absolute atomic E-state index is 0.0150. The van der Waals surface area contributed by atoms with Crippen molar-refractivity contribution in [2.75, 3.05) is 32.8 Å². The second-order valence-electron chi connectivity index (χ2n) is 18.4. The molecule has 0 radical (unpaired) electrons. The molecule has 1 aliphatic rings. The highest BCUT2D eigenvalue weighted by Gasteiger charge is 2.67. The summed E-state index contributed by atoms with van der Waals surface area (Å²) in [6.07, 6.45) is 43.7. The van der Waals surface area contributed by atoms with Crippen LogP contribution in [0.1, 0.15) is 259 Å². The van der Waals surface area contributed by atoms with Gasteiger partial charge in [-0.05, 0) is 19.3 Å². The lowest BCUT2D eigenvalue weighted by Crippen LogP contribution is -2.35. The number of hydrogen-bond donors (Lipinski definition) is 3. The first-order valence-corrected chi connectivity index (χ1v) is 26.2. The maximum atomic E-state index is 12.8. The Morgan fingerprint density at radius 3 is 0.867 bits per heavy atom. The van der Waals surface area contributed by atoms with Crippen LogP contribution in [0.2, 0.25) is 0 Å². The normalized spacial score (nSPS) is 15.4. The topological polar surface area (TPSA) is 115 Å². The van der Waals surface area contributed by atoms with Gasteiger partial charge in [0.25, 0.3) is 0 Å². The molecule has 1 fully saturated rings. The fraction of sp³-hybridized carbons (Fsp3) is 0.941. The fourth-order valence-corrected chi connectivity index (χ4v) is 8.47. The number of alkyl carbamates (subject to hydrolysis) is 3. The molecule has 1 rings (SSSR count). The van der Waals surface area contributed by atoms with Crippen molar-refractivity contribution >= 4 is 18.3 Å². The number of carbonyl (C=O) groups excluding carboxylic acids is 3. The molecule has 0 aromatic carbocycles. The Hall–Kier alpha value is -2.19. The zero-order chi connectivity index (χ0) is 43.6. The molecule has 3 N–H and O–H groups in total. The van der Waals surface area contributed by atoms with Gasteiger partial charge in [-0.25, -0.2) is 14.4 Å². The van der Waals surface area contributed by atoms with E-state index in [1.165, 1.54) is 193 Å². The average Bonchev–Trinajstić information content (AvgIpc) is 3.80. The summed E-state index contributed by atoms with van der Waals surface area (Å²) in [6, 6.07) is 0. The molecular weight excluding hydrogens is 751 g/mol. The van der Waals surface area contributed by atoms with Gasteiger partial charge in [0.2, 0.25) is 0 Å². The second-order valence-corrected chi connectivity index (χ2v) is 18.4. The van der Waals surface area contributed by atoms with Crippen molar-refractivity contribution in [3.8, 4) is 0 Å². The highest BCUT2D eigenvalue weighted by atomic mass is 16.6. The molecule has 9 heteroatoms. The summed E-state index contributed by atoms with van der Waals surface area (Å²) in [5.74, 6) is -0.122. The van der Waals surface area contributed by atoms with E-state index in [2.05, 4.69) is 36.7 Å². The third-order valence-corrected chi connectivity index (χ3v) is 12.9. The van der Waals surface area contributed by atoms with Crippen molar-refractivity contribution < 1.29 is 28.6 Å². The molecule has 1 saturated carbocycles. The summed E-state index contributed by atoms with van der Waals surface area (Å²) in [5.41, 5.74) is -0.770. The van der Waals surface area contributed by atoms with Crippen LogP contribution < -0.4 is 16.0 Å². The van der Waals surface area contributed by atoms with Crippen LogP contribution in [0.5, 0.6) is 0 Å². The van der Waals surface area contributed by atoms with Crippen molar-refractivity contribution in [3.63, 3.8) is 0 Å². The van der Waals surface area contributed by atoms with Gasteiger partial charge in [0.1, 0.15) is 19.3 Å². The Labute approximate surface area is 370 Å². The first-order valence-electron chi connectivity index (χ1n) is 26.2. The minimum Gasteiger partial charge on any atom is -0.449 e. The minimum atomic E-state index is -0.770. The van der Waals surface area contributed by atoms with E-state index in [1.807, 2.05) is 6.92 Å². The van der Waals surface area contributed by atoms with Gasteiger partial charge in [-0.15, -0.1) is 0 Å². The maximum absolute atomic E-state index is 12.8. The Bertz CT molecular complexity index is 950. The van der Waals surface area contributed by atoms with E-state index in [4.69, 9.17) is 14.2 Å². The SMILES string of the molecule is CCCCCCCCCCCCCCNC(=O)OCC1(COC(=O)NCCCCCCCCCCCCCC)C(C)C1OC(=O)NCCCCCCCCCCCCCC. The van der Waals surface area contributed by atoms with Crippen LogP contribution in [0.4, 0.5) is 14.4 Å². The zero-order valence-electron chi connectivity index (χ0n) is 40.1.